The van der Waals surface area contributed by atoms with Crippen molar-refractivity contribution in [2.24, 2.45) is 0 Å². The molecule has 0 aliphatic rings. The Balaban J connectivity index is 1.81. The maximum Gasteiger partial charge on any atom is 0.337 e. The molecule has 0 aliphatic carbocycles. The molecular weight excluding hydrogens is 382 g/mol. The van der Waals surface area contributed by atoms with E-state index in [4.69, 9.17) is 0 Å². The third-order valence-corrected chi connectivity index (χ3v) is 4.55. The van der Waals surface area contributed by atoms with Gasteiger partial charge in [0, 0.05) is 18.8 Å². The van der Waals surface area contributed by atoms with E-state index in [1.807, 2.05) is 49.4 Å². The van der Waals surface area contributed by atoms with Gasteiger partial charge < -0.3 is 21.1 Å². The molecule has 3 amide bonds. The second-order valence-electron chi connectivity index (χ2n) is 6.65. The molecule has 0 fully saturated rings. The van der Waals surface area contributed by atoms with E-state index in [0.717, 1.165) is 21.9 Å². The smallest absolute Gasteiger partial charge is 0.337 e. The van der Waals surface area contributed by atoms with E-state index in [9.17, 15) is 19.5 Å². The van der Waals surface area contributed by atoms with Gasteiger partial charge in [0.1, 0.15) is 0 Å². The van der Waals surface area contributed by atoms with E-state index in [1.54, 1.807) is 0 Å². The number of allylic oxidation sites excluding steroid dienone is 1. The Hall–Kier alpha value is -4.13. The van der Waals surface area contributed by atoms with Gasteiger partial charge in [-0.1, -0.05) is 36.4 Å². The van der Waals surface area contributed by atoms with Crippen LogP contribution in [-0.2, 0) is 4.79 Å². The number of aromatic carboxylic acids is 1. The van der Waals surface area contributed by atoms with Gasteiger partial charge in [0.25, 0.3) is 0 Å². The quantitative estimate of drug-likeness (QED) is 0.476. The van der Waals surface area contributed by atoms with E-state index in [-0.39, 0.29) is 11.3 Å². The number of urea groups is 1. The van der Waals surface area contributed by atoms with Crippen LogP contribution in [0.2, 0.25) is 0 Å². The normalized spacial score (nSPS) is 11.1. The zero-order valence-corrected chi connectivity index (χ0v) is 16.5. The number of benzene rings is 3. The maximum atomic E-state index is 12.5. The lowest BCUT2D eigenvalue weighted by Gasteiger charge is -2.11. The van der Waals surface area contributed by atoms with Crippen molar-refractivity contribution in [1.29, 1.82) is 0 Å². The van der Waals surface area contributed by atoms with Gasteiger partial charge in [0.05, 0.1) is 11.3 Å². The molecule has 3 rings (SSSR count). The van der Waals surface area contributed by atoms with Gasteiger partial charge in [-0.25, -0.2) is 9.59 Å². The zero-order chi connectivity index (χ0) is 21.7. The molecule has 0 atom stereocenters. The number of fused-ring (bicyclic) bond motifs is 1. The fraction of sp³-hybridized carbons (Fsp3) is 0.0870. The number of hydrogen-bond acceptors (Lipinski definition) is 3. The number of anilines is 2. The molecule has 4 N–H and O–H groups in total. The summed E-state index contributed by atoms with van der Waals surface area (Å²) in [5.41, 5.74) is 1.94. The van der Waals surface area contributed by atoms with Crippen molar-refractivity contribution >= 4 is 45.6 Å². The minimum Gasteiger partial charge on any atom is -0.478 e. The number of hydrogen-bond donors (Lipinski definition) is 4. The monoisotopic (exact) mass is 403 g/mol. The molecule has 0 radical (unpaired) electrons. The first-order valence-electron chi connectivity index (χ1n) is 9.22. The Morgan fingerprint density at radius 1 is 0.900 bits per heavy atom. The van der Waals surface area contributed by atoms with Crippen LogP contribution in [0.4, 0.5) is 16.2 Å². The molecule has 0 saturated carbocycles. The summed E-state index contributed by atoms with van der Waals surface area (Å²) in [5.74, 6) is -1.67. The predicted molar refractivity (Wildman–Crippen MR) is 118 cm³/mol. The topological polar surface area (TPSA) is 108 Å². The van der Waals surface area contributed by atoms with Crippen molar-refractivity contribution in [2.75, 3.05) is 17.7 Å². The van der Waals surface area contributed by atoms with Gasteiger partial charge in [0.15, 0.2) is 0 Å². The van der Waals surface area contributed by atoms with Crippen LogP contribution in [-0.4, -0.2) is 30.1 Å². The van der Waals surface area contributed by atoms with E-state index in [0.29, 0.717) is 5.69 Å². The molecule has 0 bridgehead atoms. The van der Waals surface area contributed by atoms with Crippen LogP contribution in [0.5, 0.6) is 0 Å². The molecule has 0 spiro atoms. The van der Waals surface area contributed by atoms with Crippen molar-refractivity contribution in [1.82, 2.24) is 5.32 Å². The summed E-state index contributed by atoms with van der Waals surface area (Å²) in [5, 5.41) is 19.1. The van der Waals surface area contributed by atoms with Gasteiger partial charge in [0.2, 0.25) is 5.91 Å². The number of carbonyl (C=O) groups excluding carboxylic acids is 2. The Morgan fingerprint density at radius 3 is 2.33 bits per heavy atom. The number of amides is 3. The van der Waals surface area contributed by atoms with Crippen molar-refractivity contribution in [3.05, 3.63) is 77.9 Å². The van der Waals surface area contributed by atoms with Crippen LogP contribution < -0.4 is 16.0 Å². The summed E-state index contributed by atoms with van der Waals surface area (Å²) in [6, 6.07) is 17.6. The van der Waals surface area contributed by atoms with Gasteiger partial charge in [-0.3, -0.25) is 4.79 Å². The zero-order valence-electron chi connectivity index (χ0n) is 16.5. The lowest BCUT2D eigenvalue weighted by Crippen LogP contribution is -2.24. The van der Waals surface area contributed by atoms with E-state index < -0.39 is 17.9 Å². The average molecular weight is 403 g/mol. The lowest BCUT2D eigenvalue weighted by molar-refractivity contribution is -0.111. The molecule has 7 nitrogen and oxygen atoms in total. The summed E-state index contributed by atoms with van der Waals surface area (Å²) in [7, 11) is 1.45. The summed E-state index contributed by atoms with van der Waals surface area (Å²) in [6.07, 6.45) is 1.42. The summed E-state index contributed by atoms with van der Waals surface area (Å²) >= 11 is 0. The SMILES string of the molecule is CNC(=O)Nc1ccc(NC(=O)C=C(C)c2ccc3ccccc3c2)c(C(=O)O)c1. The highest BCUT2D eigenvalue weighted by molar-refractivity contribution is 6.08. The van der Waals surface area contributed by atoms with Gasteiger partial charge in [-0.05, 0) is 53.1 Å². The second kappa shape index (κ2) is 8.91. The van der Waals surface area contributed by atoms with Crippen LogP contribution >= 0.6 is 0 Å². The van der Waals surface area contributed by atoms with Crippen molar-refractivity contribution in [3.63, 3.8) is 0 Å². The van der Waals surface area contributed by atoms with E-state index >= 15 is 0 Å². The Kier molecular flexibility index (Phi) is 6.12. The van der Waals surface area contributed by atoms with Crippen LogP contribution in [0.25, 0.3) is 16.3 Å². The first kappa shape index (κ1) is 20.6. The number of carbonyl (C=O) groups is 3. The molecule has 0 aliphatic heterocycles. The van der Waals surface area contributed by atoms with Gasteiger partial charge in [-0.2, -0.15) is 0 Å². The first-order chi connectivity index (χ1) is 14.4. The number of nitrogens with one attached hydrogen (secondary N) is 3. The second-order valence-corrected chi connectivity index (χ2v) is 6.65. The Labute approximate surface area is 173 Å². The number of carboxylic acid groups (broad SMARTS) is 1. The minimum atomic E-state index is -1.22. The fourth-order valence-electron chi connectivity index (χ4n) is 2.98. The largest absolute Gasteiger partial charge is 0.478 e. The summed E-state index contributed by atoms with van der Waals surface area (Å²) < 4.78 is 0. The Morgan fingerprint density at radius 2 is 1.63 bits per heavy atom. The highest BCUT2D eigenvalue weighted by Gasteiger charge is 2.14. The van der Waals surface area contributed by atoms with Crippen LogP contribution in [0.3, 0.4) is 0 Å². The molecule has 0 saturated heterocycles. The van der Waals surface area contributed by atoms with Crippen molar-refractivity contribution in [2.45, 2.75) is 6.92 Å². The third-order valence-electron chi connectivity index (χ3n) is 4.55. The molecule has 152 valence electrons. The third kappa shape index (κ3) is 4.82. The fourth-order valence-corrected chi connectivity index (χ4v) is 2.98. The maximum absolute atomic E-state index is 12.5. The molecule has 7 heteroatoms. The predicted octanol–water partition coefficient (Wildman–Crippen LogP) is 4.33. The van der Waals surface area contributed by atoms with E-state index in [1.165, 1.54) is 31.3 Å². The molecule has 3 aromatic rings. The molecule has 0 heterocycles. The van der Waals surface area contributed by atoms with Crippen molar-refractivity contribution < 1.29 is 19.5 Å². The standard InChI is InChI=1S/C23H21N3O4/c1-14(16-8-7-15-5-3-4-6-17(15)12-16)11-21(27)26-20-10-9-18(25-23(30)24-2)13-19(20)22(28)29/h3-13H,1-2H3,(H,26,27)(H,28,29)(H2,24,25,30). The summed E-state index contributed by atoms with van der Waals surface area (Å²) in [4.78, 5) is 35.5. The van der Waals surface area contributed by atoms with Gasteiger partial charge >= 0.3 is 12.0 Å². The highest BCUT2D eigenvalue weighted by atomic mass is 16.4. The molecular formula is C23H21N3O4. The number of rotatable bonds is 5. The van der Waals surface area contributed by atoms with Crippen LogP contribution in [0, 0.1) is 0 Å². The highest BCUT2D eigenvalue weighted by Crippen LogP contribution is 2.23. The molecule has 30 heavy (non-hydrogen) atoms. The minimum absolute atomic E-state index is 0.131. The van der Waals surface area contributed by atoms with Crippen LogP contribution in [0.15, 0.2) is 66.7 Å². The lowest BCUT2D eigenvalue weighted by atomic mass is 10.0. The summed E-state index contributed by atoms with van der Waals surface area (Å²) in [6.45, 7) is 1.82. The molecule has 3 aromatic carbocycles. The average Bonchev–Trinajstić information content (AvgIpc) is 2.74. The molecule has 0 aromatic heterocycles. The van der Waals surface area contributed by atoms with Crippen molar-refractivity contribution in [3.8, 4) is 0 Å². The first-order valence-corrected chi connectivity index (χ1v) is 9.22. The molecule has 0 unspecified atom stereocenters. The van der Waals surface area contributed by atoms with Gasteiger partial charge in [-0.15, -0.1) is 0 Å². The van der Waals surface area contributed by atoms with Crippen LogP contribution in [0.1, 0.15) is 22.8 Å². The number of carboxylic acids is 1. The van der Waals surface area contributed by atoms with E-state index in [2.05, 4.69) is 16.0 Å². The Bertz CT molecular complexity index is 1170.